The van der Waals surface area contributed by atoms with Crippen molar-refractivity contribution in [3.8, 4) is 6.07 Å². The Balaban J connectivity index is 1.69. The number of quaternary nitrogens is 1. The number of ether oxygens (including phenoxy) is 1. The lowest BCUT2D eigenvalue weighted by Crippen LogP contribution is -3.17. The molecule has 27 heavy (non-hydrogen) atoms. The lowest BCUT2D eigenvalue weighted by atomic mass is 9.94. The minimum atomic E-state index is -0.395. The summed E-state index contributed by atoms with van der Waals surface area (Å²) in [4.78, 5) is 25.6. The molecule has 6 nitrogen and oxygen atoms in total. The number of fused-ring (bicyclic) bond motifs is 1. The Labute approximate surface area is 158 Å². The predicted molar refractivity (Wildman–Crippen MR) is 99.9 cm³/mol. The molecule has 0 saturated carbocycles. The van der Waals surface area contributed by atoms with Crippen molar-refractivity contribution in [3.63, 3.8) is 0 Å². The summed E-state index contributed by atoms with van der Waals surface area (Å²) < 4.78 is 4.95. The van der Waals surface area contributed by atoms with Crippen LogP contribution in [0.3, 0.4) is 0 Å². The van der Waals surface area contributed by atoms with Gasteiger partial charge in [-0.3, -0.25) is 4.79 Å². The van der Waals surface area contributed by atoms with Crippen LogP contribution in [-0.2, 0) is 33.7 Å². The second-order valence-electron chi connectivity index (χ2n) is 6.64. The highest BCUT2D eigenvalue weighted by Crippen LogP contribution is 2.14. The number of hydrogen-bond acceptors (Lipinski definition) is 4. The summed E-state index contributed by atoms with van der Waals surface area (Å²) in [5, 5.41) is 11.6. The summed E-state index contributed by atoms with van der Waals surface area (Å²) >= 11 is 0. The van der Waals surface area contributed by atoms with Crippen molar-refractivity contribution >= 4 is 17.6 Å². The summed E-state index contributed by atoms with van der Waals surface area (Å²) in [6.07, 6.45) is 0.903. The number of carbonyl (C=O) groups is 2. The molecule has 0 bridgehead atoms. The SMILES string of the molecule is COC(=O)[C@H]1Cc2ccccc2C[NH+]1CC(=O)Nc1ccc(CC#N)cc1. The third-order valence-corrected chi connectivity index (χ3v) is 4.85. The Bertz CT molecular complexity index is 871. The lowest BCUT2D eigenvalue weighted by Gasteiger charge is -2.31. The number of nitrogens with zero attached hydrogens (tertiary/aromatic N) is 1. The zero-order chi connectivity index (χ0) is 19.2. The molecule has 0 fully saturated rings. The van der Waals surface area contributed by atoms with E-state index in [0.29, 0.717) is 25.1 Å². The van der Waals surface area contributed by atoms with Crippen LogP contribution < -0.4 is 10.2 Å². The molecule has 1 heterocycles. The highest BCUT2D eigenvalue weighted by atomic mass is 16.5. The van der Waals surface area contributed by atoms with Gasteiger partial charge >= 0.3 is 5.97 Å². The molecule has 0 spiro atoms. The van der Waals surface area contributed by atoms with Gasteiger partial charge in [0.15, 0.2) is 12.6 Å². The van der Waals surface area contributed by atoms with Gasteiger partial charge in [0.1, 0.15) is 6.54 Å². The fourth-order valence-corrected chi connectivity index (χ4v) is 3.45. The zero-order valence-electron chi connectivity index (χ0n) is 15.2. The van der Waals surface area contributed by atoms with Crippen LogP contribution >= 0.6 is 0 Å². The van der Waals surface area contributed by atoms with E-state index in [4.69, 9.17) is 10.00 Å². The van der Waals surface area contributed by atoms with E-state index in [-0.39, 0.29) is 18.4 Å². The van der Waals surface area contributed by atoms with E-state index in [9.17, 15) is 9.59 Å². The maximum atomic E-state index is 12.5. The van der Waals surface area contributed by atoms with E-state index < -0.39 is 6.04 Å². The first-order chi connectivity index (χ1) is 13.1. The van der Waals surface area contributed by atoms with Gasteiger partial charge in [-0.1, -0.05) is 36.4 Å². The zero-order valence-corrected chi connectivity index (χ0v) is 15.2. The van der Waals surface area contributed by atoms with Gasteiger partial charge in [-0.25, -0.2) is 4.79 Å². The number of nitriles is 1. The highest BCUT2D eigenvalue weighted by molar-refractivity contribution is 5.91. The summed E-state index contributed by atoms with van der Waals surface area (Å²) in [6.45, 7) is 0.776. The van der Waals surface area contributed by atoms with Gasteiger partial charge in [0, 0.05) is 17.7 Å². The number of nitrogens with one attached hydrogen (secondary N) is 2. The fourth-order valence-electron chi connectivity index (χ4n) is 3.45. The third-order valence-electron chi connectivity index (χ3n) is 4.85. The van der Waals surface area contributed by atoms with Crippen LogP contribution in [0.4, 0.5) is 5.69 Å². The molecule has 2 N–H and O–H groups in total. The third kappa shape index (κ3) is 4.52. The molecule has 2 atom stereocenters. The normalized spacial score (nSPS) is 18.1. The van der Waals surface area contributed by atoms with Crippen LogP contribution in [-0.4, -0.2) is 31.6 Å². The average molecular weight is 364 g/mol. The Morgan fingerprint density at radius 3 is 2.56 bits per heavy atom. The van der Waals surface area contributed by atoms with E-state index in [1.54, 1.807) is 12.1 Å². The van der Waals surface area contributed by atoms with Gasteiger partial charge in [-0.05, 0) is 23.3 Å². The maximum Gasteiger partial charge on any atom is 0.365 e. The minimum absolute atomic E-state index is 0.161. The molecule has 1 unspecified atom stereocenters. The molecule has 1 aliphatic rings. The van der Waals surface area contributed by atoms with Gasteiger partial charge in [-0.2, -0.15) is 5.26 Å². The molecule has 1 aliphatic heterocycles. The lowest BCUT2D eigenvalue weighted by molar-refractivity contribution is -0.924. The van der Waals surface area contributed by atoms with Crippen LogP contribution in [0.25, 0.3) is 0 Å². The molecular formula is C21H22N3O3+. The summed E-state index contributed by atoms with van der Waals surface area (Å²) in [5.41, 5.74) is 3.86. The number of carbonyl (C=O) groups excluding carboxylic acids is 2. The van der Waals surface area contributed by atoms with E-state index in [2.05, 4.69) is 11.4 Å². The molecule has 0 radical (unpaired) electrons. The van der Waals surface area contributed by atoms with Gasteiger partial charge in [0.05, 0.1) is 19.6 Å². The molecule has 0 saturated heterocycles. The Kier molecular flexibility index (Phi) is 5.84. The Morgan fingerprint density at radius 2 is 1.89 bits per heavy atom. The first-order valence-electron chi connectivity index (χ1n) is 8.85. The number of anilines is 1. The summed E-state index contributed by atoms with van der Waals surface area (Å²) in [5.74, 6) is -0.459. The summed E-state index contributed by atoms with van der Waals surface area (Å²) in [6, 6.07) is 16.9. The van der Waals surface area contributed by atoms with Crippen molar-refractivity contribution in [3.05, 3.63) is 65.2 Å². The van der Waals surface area contributed by atoms with Crippen LogP contribution in [0, 0.1) is 11.3 Å². The van der Waals surface area contributed by atoms with Crippen LogP contribution in [0.15, 0.2) is 48.5 Å². The van der Waals surface area contributed by atoms with Gasteiger partial charge < -0.3 is 15.0 Å². The average Bonchev–Trinajstić information content (AvgIpc) is 2.68. The topological polar surface area (TPSA) is 83.6 Å². The first-order valence-corrected chi connectivity index (χ1v) is 8.85. The number of esters is 1. The Morgan fingerprint density at radius 1 is 1.19 bits per heavy atom. The molecule has 2 aromatic rings. The van der Waals surface area contributed by atoms with Crippen molar-refractivity contribution in [1.82, 2.24) is 0 Å². The number of methoxy groups -OCH3 is 1. The van der Waals surface area contributed by atoms with Gasteiger partial charge in [0.25, 0.3) is 5.91 Å². The van der Waals surface area contributed by atoms with E-state index >= 15 is 0 Å². The van der Waals surface area contributed by atoms with Crippen molar-refractivity contribution in [2.24, 2.45) is 0 Å². The predicted octanol–water partition coefficient (Wildman–Crippen LogP) is 0.874. The maximum absolute atomic E-state index is 12.5. The standard InChI is InChI=1S/C21H21N3O3/c1-27-21(26)19-12-16-4-2-3-5-17(16)13-24(19)14-20(25)23-18-8-6-15(7-9-18)10-11-22/h2-9,19H,10,12-14H2,1H3,(H,23,25)/p+1/t19-/m1/s1. The van der Waals surface area contributed by atoms with Crippen molar-refractivity contribution in [2.75, 3.05) is 19.0 Å². The minimum Gasteiger partial charge on any atom is -0.465 e. The molecule has 138 valence electrons. The molecule has 3 rings (SSSR count). The van der Waals surface area contributed by atoms with E-state index in [0.717, 1.165) is 21.6 Å². The van der Waals surface area contributed by atoms with Gasteiger partial charge in [0.2, 0.25) is 0 Å². The second-order valence-corrected chi connectivity index (χ2v) is 6.64. The van der Waals surface area contributed by atoms with Gasteiger partial charge in [-0.15, -0.1) is 0 Å². The quantitative estimate of drug-likeness (QED) is 0.772. The smallest absolute Gasteiger partial charge is 0.365 e. The molecule has 6 heteroatoms. The molecule has 0 aromatic heterocycles. The van der Waals surface area contributed by atoms with Crippen LogP contribution in [0.1, 0.15) is 16.7 Å². The van der Waals surface area contributed by atoms with Crippen molar-refractivity contribution in [2.45, 2.75) is 25.4 Å². The first kappa shape index (κ1) is 18.6. The molecule has 2 aromatic carbocycles. The van der Waals surface area contributed by atoms with Crippen LogP contribution in [0.2, 0.25) is 0 Å². The number of rotatable bonds is 5. The van der Waals surface area contributed by atoms with E-state index in [1.165, 1.54) is 7.11 Å². The Hall–Kier alpha value is -3.17. The number of benzene rings is 2. The largest absolute Gasteiger partial charge is 0.465 e. The number of hydrogen-bond donors (Lipinski definition) is 2. The van der Waals surface area contributed by atoms with E-state index in [1.807, 2.05) is 36.4 Å². The monoisotopic (exact) mass is 364 g/mol. The summed E-state index contributed by atoms with van der Waals surface area (Å²) in [7, 11) is 1.38. The molecule has 1 amide bonds. The fraction of sp³-hybridized carbons (Fsp3) is 0.286. The van der Waals surface area contributed by atoms with Crippen molar-refractivity contribution < 1.29 is 19.2 Å². The molecule has 0 aliphatic carbocycles. The number of amides is 1. The van der Waals surface area contributed by atoms with Crippen LogP contribution in [0.5, 0.6) is 0 Å². The molecular weight excluding hydrogens is 342 g/mol. The second kappa shape index (κ2) is 8.47. The van der Waals surface area contributed by atoms with Crippen molar-refractivity contribution in [1.29, 1.82) is 5.26 Å². The highest BCUT2D eigenvalue weighted by Gasteiger charge is 2.37.